The largest absolute Gasteiger partial charge is 0.477 e. The predicted molar refractivity (Wildman–Crippen MR) is 108 cm³/mol. The second-order valence-electron chi connectivity index (χ2n) is 7.14. The normalized spacial score (nSPS) is 12.5. The molecule has 0 saturated carbocycles. The predicted octanol–water partition coefficient (Wildman–Crippen LogP) is 3.67. The molecule has 2 heterocycles. The molecule has 0 unspecified atom stereocenters. The van der Waals surface area contributed by atoms with Crippen LogP contribution in [0.25, 0.3) is 11.0 Å². The summed E-state index contributed by atoms with van der Waals surface area (Å²) in [6, 6.07) is 7.47. The van der Waals surface area contributed by atoms with Gasteiger partial charge in [-0.15, -0.1) is 0 Å². The highest BCUT2D eigenvalue weighted by Crippen LogP contribution is 2.24. The van der Waals surface area contributed by atoms with Gasteiger partial charge < -0.3 is 14.8 Å². The number of nitrogens with zero attached hydrogens (tertiary/aromatic N) is 2. The van der Waals surface area contributed by atoms with E-state index in [1.165, 1.54) is 12.3 Å². The van der Waals surface area contributed by atoms with E-state index in [4.69, 9.17) is 11.6 Å². The van der Waals surface area contributed by atoms with Crippen LogP contribution in [0.2, 0.25) is 5.02 Å². The third-order valence-corrected chi connectivity index (χ3v) is 5.18. The number of rotatable bonds is 6. The fraction of sp³-hybridized carbons (Fsp3) is 0.286. The van der Waals surface area contributed by atoms with Crippen molar-refractivity contribution >= 4 is 28.6 Å². The van der Waals surface area contributed by atoms with Crippen molar-refractivity contribution in [3.63, 3.8) is 0 Å². The molecule has 2 N–H and O–H groups in total. The van der Waals surface area contributed by atoms with Gasteiger partial charge >= 0.3 is 5.97 Å². The van der Waals surface area contributed by atoms with Crippen LogP contribution in [0.3, 0.4) is 0 Å². The molecule has 0 saturated heterocycles. The van der Waals surface area contributed by atoms with Gasteiger partial charge in [0.25, 0.3) is 0 Å². The standard InChI is InChI=1S/C21H20ClFN2O4/c1-11(2)17(10-26)25-9-14(21(28)29)20(27)19-16(25)7-6-13(24-19)8-12-4-3-5-15(22)18(12)23/h3-7,9,11,17,26H,8,10H2,1-2H3,(H,28,29)/t17-/m1/s1. The van der Waals surface area contributed by atoms with Gasteiger partial charge in [-0.3, -0.25) is 4.79 Å². The van der Waals surface area contributed by atoms with Gasteiger partial charge in [0.15, 0.2) is 0 Å². The monoisotopic (exact) mass is 418 g/mol. The maximum atomic E-state index is 14.2. The molecule has 0 aliphatic rings. The zero-order valence-corrected chi connectivity index (χ0v) is 16.7. The van der Waals surface area contributed by atoms with Gasteiger partial charge in [0.2, 0.25) is 5.43 Å². The molecule has 29 heavy (non-hydrogen) atoms. The average Bonchev–Trinajstić information content (AvgIpc) is 2.67. The number of aromatic nitrogens is 2. The van der Waals surface area contributed by atoms with Crippen LogP contribution in [0.15, 0.2) is 41.3 Å². The SMILES string of the molecule is CC(C)[C@@H](CO)n1cc(C(=O)O)c(=O)c2nc(Cc3cccc(Cl)c3F)ccc21. The second kappa shape index (κ2) is 8.31. The number of benzene rings is 1. The Morgan fingerprint density at radius 3 is 2.62 bits per heavy atom. The molecule has 152 valence electrons. The van der Waals surface area contributed by atoms with E-state index < -0.39 is 28.8 Å². The maximum absolute atomic E-state index is 14.2. The van der Waals surface area contributed by atoms with Crippen molar-refractivity contribution in [3.8, 4) is 0 Å². The molecule has 1 atom stereocenters. The lowest BCUT2D eigenvalue weighted by molar-refractivity contribution is 0.0694. The number of aliphatic hydroxyl groups is 1. The van der Waals surface area contributed by atoms with E-state index in [2.05, 4.69) is 4.98 Å². The number of carbonyl (C=O) groups is 1. The molecule has 0 fully saturated rings. The Balaban J connectivity index is 2.21. The number of hydrogen-bond acceptors (Lipinski definition) is 4. The molecule has 0 bridgehead atoms. The highest BCUT2D eigenvalue weighted by atomic mass is 35.5. The van der Waals surface area contributed by atoms with Crippen molar-refractivity contribution in [3.05, 3.63) is 74.4 Å². The van der Waals surface area contributed by atoms with E-state index in [0.717, 1.165) is 0 Å². The van der Waals surface area contributed by atoms with E-state index in [-0.39, 0.29) is 29.5 Å². The van der Waals surface area contributed by atoms with Crippen molar-refractivity contribution < 1.29 is 19.4 Å². The Kier molecular flexibility index (Phi) is 6.00. The summed E-state index contributed by atoms with van der Waals surface area (Å²) in [6.45, 7) is 3.54. The van der Waals surface area contributed by atoms with Crippen LogP contribution < -0.4 is 5.43 Å². The van der Waals surface area contributed by atoms with Crippen molar-refractivity contribution in [2.24, 2.45) is 5.92 Å². The Morgan fingerprint density at radius 2 is 2.00 bits per heavy atom. The minimum Gasteiger partial charge on any atom is -0.477 e. The lowest BCUT2D eigenvalue weighted by Crippen LogP contribution is -2.26. The van der Waals surface area contributed by atoms with E-state index in [0.29, 0.717) is 16.8 Å². The second-order valence-corrected chi connectivity index (χ2v) is 7.55. The number of carboxylic acids is 1. The number of fused-ring (bicyclic) bond motifs is 1. The fourth-order valence-electron chi connectivity index (χ4n) is 3.29. The van der Waals surface area contributed by atoms with Gasteiger partial charge in [-0.05, 0) is 29.7 Å². The summed E-state index contributed by atoms with van der Waals surface area (Å²) in [5, 5.41) is 19.2. The molecule has 2 aromatic heterocycles. The minimum atomic E-state index is -1.38. The summed E-state index contributed by atoms with van der Waals surface area (Å²) < 4.78 is 15.8. The Morgan fingerprint density at radius 1 is 1.28 bits per heavy atom. The van der Waals surface area contributed by atoms with Crippen LogP contribution in [0, 0.1) is 11.7 Å². The lowest BCUT2D eigenvalue weighted by atomic mass is 10.0. The first kappa shape index (κ1) is 21.0. The zero-order valence-electron chi connectivity index (χ0n) is 15.9. The van der Waals surface area contributed by atoms with E-state index in [1.807, 2.05) is 13.8 Å². The summed E-state index contributed by atoms with van der Waals surface area (Å²) in [5.41, 5.74) is -0.0794. The van der Waals surface area contributed by atoms with Gasteiger partial charge in [-0.1, -0.05) is 37.6 Å². The molecule has 0 amide bonds. The van der Waals surface area contributed by atoms with Crippen LogP contribution in [0.5, 0.6) is 0 Å². The number of halogens is 2. The highest BCUT2D eigenvalue weighted by molar-refractivity contribution is 6.30. The molecular formula is C21H20ClFN2O4. The van der Waals surface area contributed by atoms with Crippen LogP contribution in [-0.2, 0) is 6.42 Å². The average molecular weight is 419 g/mol. The Hall–Kier alpha value is -2.77. The molecular weight excluding hydrogens is 399 g/mol. The number of hydrogen-bond donors (Lipinski definition) is 2. The quantitative estimate of drug-likeness (QED) is 0.637. The molecule has 3 aromatic rings. The summed E-state index contributed by atoms with van der Waals surface area (Å²) in [4.78, 5) is 28.6. The lowest BCUT2D eigenvalue weighted by Gasteiger charge is -2.24. The molecule has 0 aliphatic heterocycles. The maximum Gasteiger partial charge on any atom is 0.341 e. The van der Waals surface area contributed by atoms with E-state index >= 15 is 0 Å². The van der Waals surface area contributed by atoms with Crippen LogP contribution in [0.4, 0.5) is 4.39 Å². The minimum absolute atomic E-state index is 0.0125. The van der Waals surface area contributed by atoms with Gasteiger partial charge in [0, 0.05) is 18.3 Å². The molecule has 1 aromatic carbocycles. The van der Waals surface area contributed by atoms with Gasteiger partial charge in [0.1, 0.15) is 16.9 Å². The fourth-order valence-corrected chi connectivity index (χ4v) is 3.48. The summed E-state index contributed by atoms with van der Waals surface area (Å²) in [5.74, 6) is -1.96. The molecule has 0 radical (unpaired) electrons. The summed E-state index contributed by atoms with van der Waals surface area (Å²) in [6.07, 6.45) is 1.33. The van der Waals surface area contributed by atoms with Crippen molar-refractivity contribution in [1.82, 2.24) is 9.55 Å². The highest BCUT2D eigenvalue weighted by Gasteiger charge is 2.22. The molecule has 0 spiro atoms. The first-order chi connectivity index (χ1) is 13.7. The number of pyridine rings is 2. The molecule has 0 aliphatic carbocycles. The number of aromatic carboxylic acids is 1. The molecule has 3 rings (SSSR count). The Bertz CT molecular complexity index is 1140. The number of aliphatic hydroxyl groups excluding tert-OH is 1. The first-order valence-corrected chi connectivity index (χ1v) is 9.44. The first-order valence-electron chi connectivity index (χ1n) is 9.06. The van der Waals surface area contributed by atoms with Crippen LogP contribution >= 0.6 is 11.6 Å². The van der Waals surface area contributed by atoms with Gasteiger partial charge in [-0.2, -0.15) is 0 Å². The third kappa shape index (κ3) is 4.02. The van der Waals surface area contributed by atoms with Gasteiger partial charge in [-0.25, -0.2) is 14.2 Å². The zero-order chi connectivity index (χ0) is 21.3. The van der Waals surface area contributed by atoms with Crippen LogP contribution in [0.1, 0.15) is 41.5 Å². The van der Waals surface area contributed by atoms with E-state index in [9.17, 15) is 24.2 Å². The Labute approximate surface area is 171 Å². The molecule has 6 nitrogen and oxygen atoms in total. The number of carboxylic acid groups (broad SMARTS) is 1. The van der Waals surface area contributed by atoms with Crippen molar-refractivity contribution in [2.75, 3.05) is 6.61 Å². The summed E-state index contributed by atoms with van der Waals surface area (Å²) >= 11 is 5.82. The van der Waals surface area contributed by atoms with E-state index in [1.54, 1.807) is 28.8 Å². The van der Waals surface area contributed by atoms with Crippen molar-refractivity contribution in [2.45, 2.75) is 26.3 Å². The van der Waals surface area contributed by atoms with Crippen molar-refractivity contribution in [1.29, 1.82) is 0 Å². The third-order valence-electron chi connectivity index (χ3n) is 4.89. The summed E-state index contributed by atoms with van der Waals surface area (Å²) in [7, 11) is 0. The topological polar surface area (TPSA) is 92.4 Å². The molecule has 8 heteroatoms. The van der Waals surface area contributed by atoms with Gasteiger partial charge in [0.05, 0.1) is 23.2 Å². The smallest absolute Gasteiger partial charge is 0.341 e. The van der Waals surface area contributed by atoms with Crippen LogP contribution in [-0.4, -0.2) is 32.3 Å².